The van der Waals surface area contributed by atoms with Crippen LogP contribution in [0, 0.1) is 0 Å². The van der Waals surface area contributed by atoms with Crippen molar-refractivity contribution in [2.24, 2.45) is 0 Å². The summed E-state index contributed by atoms with van der Waals surface area (Å²) in [5.41, 5.74) is 0.672. The van der Waals surface area contributed by atoms with Gasteiger partial charge in [-0.2, -0.15) is 10.2 Å². The lowest BCUT2D eigenvalue weighted by Gasteiger charge is -2.04. The average molecular weight is 355 g/mol. The third kappa shape index (κ3) is 3.61. The molecule has 0 bridgehead atoms. The van der Waals surface area contributed by atoms with Crippen molar-refractivity contribution in [3.63, 3.8) is 0 Å². The molecule has 0 fully saturated rings. The first kappa shape index (κ1) is 17.3. The number of esters is 2. The van der Waals surface area contributed by atoms with Crippen LogP contribution < -0.4 is 0 Å². The van der Waals surface area contributed by atoms with Gasteiger partial charge in [-0.05, 0) is 26.0 Å². The molecule has 9 heteroatoms. The van der Waals surface area contributed by atoms with Gasteiger partial charge in [0.05, 0.1) is 36.7 Å². The van der Waals surface area contributed by atoms with Crippen LogP contribution in [0.2, 0.25) is 0 Å². The third-order valence-electron chi connectivity index (χ3n) is 3.38. The Hall–Kier alpha value is -3.49. The standard InChI is InChI=1S/C17H17N5O4/c1-3-25-16(23)12-8-18-21(10-12)14-6-5-7-15(20-14)22-11-13(9-19-22)17(24)26-4-2/h5-11H,3-4H2,1-2H3. The van der Waals surface area contributed by atoms with Gasteiger partial charge in [0.1, 0.15) is 0 Å². The number of nitrogens with zero attached hydrogens (tertiary/aromatic N) is 5. The second kappa shape index (κ2) is 7.60. The van der Waals surface area contributed by atoms with Crippen LogP contribution in [0.4, 0.5) is 0 Å². The molecule has 0 aliphatic heterocycles. The quantitative estimate of drug-likeness (QED) is 0.621. The second-order valence-corrected chi connectivity index (χ2v) is 5.14. The molecule has 0 saturated carbocycles. The first-order chi connectivity index (χ1) is 12.6. The van der Waals surface area contributed by atoms with Gasteiger partial charge in [-0.15, -0.1) is 0 Å². The fourth-order valence-electron chi connectivity index (χ4n) is 2.20. The minimum atomic E-state index is -0.443. The van der Waals surface area contributed by atoms with Crippen LogP contribution in [0.25, 0.3) is 11.6 Å². The molecule has 0 aliphatic carbocycles. The van der Waals surface area contributed by atoms with Crippen molar-refractivity contribution in [2.75, 3.05) is 13.2 Å². The number of rotatable bonds is 6. The monoisotopic (exact) mass is 355 g/mol. The van der Waals surface area contributed by atoms with E-state index in [4.69, 9.17) is 9.47 Å². The lowest BCUT2D eigenvalue weighted by Crippen LogP contribution is -2.05. The summed E-state index contributed by atoms with van der Waals surface area (Å²) in [5.74, 6) is 0.0968. The van der Waals surface area contributed by atoms with Crippen molar-refractivity contribution < 1.29 is 19.1 Å². The highest BCUT2D eigenvalue weighted by molar-refractivity contribution is 5.89. The molecule has 9 nitrogen and oxygen atoms in total. The lowest BCUT2D eigenvalue weighted by molar-refractivity contribution is 0.0516. The Balaban J connectivity index is 1.85. The number of pyridine rings is 1. The van der Waals surface area contributed by atoms with Gasteiger partial charge in [-0.1, -0.05) is 6.07 Å². The minimum absolute atomic E-state index is 0.292. The van der Waals surface area contributed by atoms with E-state index in [1.807, 2.05) is 0 Å². The van der Waals surface area contributed by atoms with Crippen molar-refractivity contribution in [1.29, 1.82) is 0 Å². The summed E-state index contributed by atoms with van der Waals surface area (Å²) in [6.45, 7) is 4.06. The van der Waals surface area contributed by atoms with Gasteiger partial charge in [0.25, 0.3) is 0 Å². The SMILES string of the molecule is CCOC(=O)c1cnn(-c2cccc(-n3cc(C(=O)OCC)cn3)n2)c1. The predicted molar refractivity (Wildman–Crippen MR) is 90.4 cm³/mol. The Kier molecular flexibility index (Phi) is 5.07. The molecular formula is C17H17N5O4. The van der Waals surface area contributed by atoms with Crippen LogP contribution in [0.1, 0.15) is 34.6 Å². The molecule has 26 heavy (non-hydrogen) atoms. The number of aromatic nitrogens is 5. The lowest BCUT2D eigenvalue weighted by atomic mass is 10.3. The zero-order valence-electron chi connectivity index (χ0n) is 14.3. The Labute approximate surface area is 149 Å². The van der Waals surface area contributed by atoms with Gasteiger partial charge in [-0.25, -0.2) is 23.9 Å². The molecule has 0 aromatic carbocycles. The van der Waals surface area contributed by atoms with Crippen LogP contribution in [-0.4, -0.2) is 49.7 Å². The molecule has 0 spiro atoms. The Bertz CT molecular complexity index is 859. The molecular weight excluding hydrogens is 338 g/mol. The van der Waals surface area contributed by atoms with Gasteiger partial charge in [0.15, 0.2) is 11.6 Å². The maximum atomic E-state index is 11.7. The van der Waals surface area contributed by atoms with Crippen LogP contribution in [0.3, 0.4) is 0 Å². The number of carbonyl (C=O) groups excluding carboxylic acids is 2. The van der Waals surface area contributed by atoms with Crippen LogP contribution >= 0.6 is 0 Å². The Morgan fingerprint density at radius 2 is 1.35 bits per heavy atom. The van der Waals surface area contributed by atoms with Crippen molar-refractivity contribution in [2.45, 2.75) is 13.8 Å². The van der Waals surface area contributed by atoms with E-state index in [1.54, 1.807) is 32.0 Å². The minimum Gasteiger partial charge on any atom is -0.462 e. The van der Waals surface area contributed by atoms with E-state index in [1.165, 1.54) is 34.2 Å². The molecule has 3 aromatic rings. The van der Waals surface area contributed by atoms with Crippen LogP contribution in [0.15, 0.2) is 43.0 Å². The highest BCUT2D eigenvalue weighted by Crippen LogP contribution is 2.12. The summed E-state index contributed by atoms with van der Waals surface area (Å²) in [4.78, 5) is 27.9. The summed E-state index contributed by atoms with van der Waals surface area (Å²) >= 11 is 0. The van der Waals surface area contributed by atoms with Crippen molar-refractivity contribution in [3.05, 3.63) is 54.1 Å². The molecule has 3 heterocycles. The van der Waals surface area contributed by atoms with E-state index in [0.29, 0.717) is 36.0 Å². The van der Waals surface area contributed by atoms with E-state index in [0.717, 1.165) is 0 Å². The van der Waals surface area contributed by atoms with Gasteiger partial charge in [-0.3, -0.25) is 0 Å². The van der Waals surface area contributed by atoms with E-state index in [9.17, 15) is 9.59 Å². The van der Waals surface area contributed by atoms with Crippen molar-refractivity contribution in [1.82, 2.24) is 24.5 Å². The number of ether oxygens (including phenoxy) is 2. The van der Waals surface area contributed by atoms with Gasteiger partial charge < -0.3 is 9.47 Å². The number of hydrogen-bond acceptors (Lipinski definition) is 7. The van der Waals surface area contributed by atoms with Crippen LogP contribution in [0.5, 0.6) is 0 Å². The molecule has 3 rings (SSSR count). The normalized spacial score (nSPS) is 10.5. The molecule has 0 N–H and O–H groups in total. The summed E-state index contributed by atoms with van der Waals surface area (Å²) in [7, 11) is 0. The highest BCUT2D eigenvalue weighted by atomic mass is 16.5. The van der Waals surface area contributed by atoms with E-state index < -0.39 is 11.9 Å². The van der Waals surface area contributed by atoms with E-state index in [2.05, 4.69) is 15.2 Å². The van der Waals surface area contributed by atoms with E-state index in [-0.39, 0.29) is 0 Å². The number of carbonyl (C=O) groups is 2. The Morgan fingerprint density at radius 3 is 1.77 bits per heavy atom. The van der Waals surface area contributed by atoms with E-state index >= 15 is 0 Å². The molecule has 0 atom stereocenters. The fraction of sp³-hybridized carbons (Fsp3) is 0.235. The Morgan fingerprint density at radius 1 is 0.885 bits per heavy atom. The molecule has 0 saturated heterocycles. The van der Waals surface area contributed by atoms with Crippen molar-refractivity contribution >= 4 is 11.9 Å². The summed E-state index contributed by atoms with van der Waals surface area (Å²) in [5, 5.41) is 8.26. The first-order valence-electron chi connectivity index (χ1n) is 8.03. The zero-order chi connectivity index (χ0) is 18.5. The summed E-state index contributed by atoms with van der Waals surface area (Å²) in [6.07, 6.45) is 5.91. The fourth-order valence-corrected chi connectivity index (χ4v) is 2.20. The van der Waals surface area contributed by atoms with Crippen LogP contribution in [-0.2, 0) is 9.47 Å². The van der Waals surface area contributed by atoms with Crippen molar-refractivity contribution in [3.8, 4) is 11.6 Å². The average Bonchev–Trinajstić information content (AvgIpc) is 3.32. The smallest absolute Gasteiger partial charge is 0.341 e. The van der Waals surface area contributed by atoms with Gasteiger partial charge in [0, 0.05) is 12.4 Å². The maximum absolute atomic E-state index is 11.7. The van der Waals surface area contributed by atoms with Gasteiger partial charge >= 0.3 is 11.9 Å². The third-order valence-corrected chi connectivity index (χ3v) is 3.38. The molecule has 0 unspecified atom stereocenters. The summed E-state index contributed by atoms with van der Waals surface area (Å²) in [6, 6.07) is 5.25. The molecule has 0 radical (unpaired) electrons. The largest absolute Gasteiger partial charge is 0.462 e. The molecule has 0 amide bonds. The second-order valence-electron chi connectivity index (χ2n) is 5.14. The number of hydrogen-bond donors (Lipinski definition) is 0. The summed E-state index contributed by atoms with van der Waals surface area (Å²) < 4.78 is 12.8. The topological polar surface area (TPSA) is 101 Å². The molecule has 0 aliphatic rings. The molecule has 3 aromatic heterocycles. The first-order valence-corrected chi connectivity index (χ1v) is 8.03. The maximum Gasteiger partial charge on any atom is 0.341 e. The van der Waals surface area contributed by atoms with Gasteiger partial charge in [0.2, 0.25) is 0 Å². The molecule has 134 valence electrons. The zero-order valence-corrected chi connectivity index (χ0v) is 14.3. The predicted octanol–water partition coefficient (Wildman–Crippen LogP) is 1.81. The highest BCUT2D eigenvalue weighted by Gasteiger charge is 2.13.